The van der Waals surface area contributed by atoms with Crippen LogP contribution in [0.25, 0.3) is 16.7 Å². The van der Waals surface area contributed by atoms with Crippen molar-refractivity contribution >= 4 is 34.1 Å². The van der Waals surface area contributed by atoms with E-state index in [9.17, 15) is 4.79 Å². The smallest absolute Gasteiger partial charge is 0.253 e. The molecule has 1 fully saturated rings. The lowest BCUT2D eigenvalue weighted by Gasteiger charge is -2.35. The second-order valence-corrected chi connectivity index (χ2v) is 8.05. The van der Waals surface area contributed by atoms with Crippen LogP contribution in [0.1, 0.15) is 38.5 Å². The number of hydrogen-bond donors (Lipinski definition) is 1. The third-order valence-electron chi connectivity index (χ3n) is 5.90. The van der Waals surface area contributed by atoms with Gasteiger partial charge in [0.05, 0.1) is 11.0 Å². The Morgan fingerprint density at radius 1 is 1.06 bits per heavy atom. The van der Waals surface area contributed by atoms with Gasteiger partial charge in [0, 0.05) is 31.8 Å². The molecular formula is C24H32N8O. The minimum Gasteiger partial charge on any atom is -0.339 e. The summed E-state index contributed by atoms with van der Waals surface area (Å²) in [7, 11) is 4.20. The molecule has 3 heterocycles. The molecule has 1 saturated heterocycles. The molecule has 0 atom stereocenters. The molecule has 4 aromatic rings. The zero-order valence-corrected chi connectivity index (χ0v) is 19.6. The Morgan fingerprint density at radius 3 is 2.45 bits per heavy atom. The van der Waals surface area contributed by atoms with E-state index in [2.05, 4.69) is 44.8 Å². The average Bonchev–Trinajstić information content (AvgIpc) is 3.36. The van der Waals surface area contributed by atoms with Crippen molar-refractivity contribution in [2.45, 2.75) is 32.7 Å². The number of anilines is 2. The lowest BCUT2D eigenvalue weighted by molar-refractivity contribution is 0.0663. The molecule has 1 aliphatic rings. The zero-order chi connectivity index (χ0) is 23.4. The lowest BCUT2D eigenvalue weighted by atomic mass is 10.0. The molecule has 5 rings (SSSR count). The van der Waals surface area contributed by atoms with Gasteiger partial charge in [0.1, 0.15) is 0 Å². The van der Waals surface area contributed by atoms with E-state index in [1.807, 2.05) is 67.3 Å². The molecule has 2 aromatic heterocycles. The minimum absolute atomic E-state index is 0. The fraction of sp³-hybridized carbons (Fsp3) is 0.375. The number of nitrogens with one attached hydrogen (secondary N) is 1. The molecular weight excluding hydrogens is 416 g/mol. The van der Waals surface area contributed by atoms with Gasteiger partial charge in [-0.25, -0.2) is 4.98 Å². The maximum absolute atomic E-state index is 12.9. The summed E-state index contributed by atoms with van der Waals surface area (Å²) in [6.07, 6.45) is 2.02. The van der Waals surface area contributed by atoms with Gasteiger partial charge < -0.3 is 15.1 Å². The highest BCUT2D eigenvalue weighted by atomic mass is 16.2. The number of benzene rings is 2. The lowest BCUT2D eigenvalue weighted by Crippen LogP contribution is -2.44. The highest BCUT2D eigenvalue weighted by Gasteiger charge is 2.24. The van der Waals surface area contributed by atoms with Gasteiger partial charge in [-0.05, 0) is 73.8 Å². The summed E-state index contributed by atoms with van der Waals surface area (Å²) in [5.74, 6) is 0.644. The van der Waals surface area contributed by atoms with Crippen LogP contribution in [0.2, 0.25) is 0 Å². The quantitative estimate of drug-likeness (QED) is 0.507. The summed E-state index contributed by atoms with van der Waals surface area (Å²) in [4.78, 5) is 21.7. The summed E-state index contributed by atoms with van der Waals surface area (Å²) < 4.78 is 1.67. The van der Waals surface area contributed by atoms with Gasteiger partial charge in [-0.2, -0.15) is 4.52 Å². The van der Waals surface area contributed by atoms with Crippen LogP contribution >= 0.6 is 0 Å². The molecule has 9 nitrogen and oxygen atoms in total. The van der Waals surface area contributed by atoms with Gasteiger partial charge in [0.2, 0.25) is 5.65 Å². The van der Waals surface area contributed by atoms with Crippen molar-refractivity contribution < 1.29 is 6.22 Å². The molecule has 9 heteroatoms. The zero-order valence-electron chi connectivity index (χ0n) is 19.6. The first-order chi connectivity index (χ1) is 16.1. The van der Waals surface area contributed by atoms with Gasteiger partial charge >= 0.3 is 0 Å². The van der Waals surface area contributed by atoms with E-state index in [0.717, 1.165) is 42.7 Å². The molecule has 0 radical (unpaired) electrons. The van der Waals surface area contributed by atoms with E-state index in [1.165, 1.54) is 0 Å². The number of piperidine rings is 1. The second kappa shape index (κ2) is 9.91. The van der Waals surface area contributed by atoms with E-state index >= 15 is 0 Å². The number of carbonyl (C=O) groups excluding carboxylic acids is 1. The van der Waals surface area contributed by atoms with Gasteiger partial charge in [-0.1, -0.05) is 26.0 Å². The fourth-order valence-corrected chi connectivity index (χ4v) is 4.09. The van der Waals surface area contributed by atoms with Gasteiger partial charge in [-0.15, -0.1) is 5.10 Å². The Bertz CT molecular complexity index is 1230. The number of para-hydroxylation sites is 2. The Kier molecular flexibility index (Phi) is 6.79. The van der Waals surface area contributed by atoms with Crippen LogP contribution in [-0.4, -0.2) is 74.0 Å². The van der Waals surface area contributed by atoms with Crippen LogP contribution in [0.3, 0.4) is 0 Å². The summed E-state index contributed by atoms with van der Waals surface area (Å²) in [6, 6.07) is 15.7. The molecule has 1 N–H and O–H groups in total. The van der Waals surface area contributed by atoms with Crippen LogP contribution in [0.5, 0.6) is 0 Å². The minimum atomic E-state index is 0. The second-order valence-electron chi connectivity index (χ2n) is 8.05. The molecule has 2 aromatic carbocycles. The number of rotatable bonds is 4. The number of carbonyl (C=O) groups is 1. The van der Waals surface area contributed by atoms with Crippen LogP contribution < -0.4 is 5.32 Å². The number of tetrazole rings is 1. The first kappa shape index (κ1) is 22.6. The largest absolute Gasteiger partial charge is 0.339 e. The van der Waals surface area contributed by atoms with E-state index in [-0.39, 0.29) is 7.33 Å². The molecule has 1 amide bonds. The molecule has 0 saturated carbocycles. The molecule has 0 aliphatic carbocycles. The fourth-order valence-electron chi connectivity index (χ4n) is 4.09. The van der Waals surface area contributed by atoms with Gasteiger partial charge in [0.15, 0.2) is 5.82 Å². The van der Waals surface area contributed by atoms with Crippen molar-refractivity contribution in [3.63, 3.8) is 0 Å². The summed E-state index contributed by atoms with van der Waals surface area (Å²) >= 11 is 0. The topological polar surface area (TPSA) is 91.5 Å². The average molecular weight is 449 g/mol. The molecule has 0 spiro atoms. The Morgan fingerprint density at radius 2 is 1.76 bits per heavy atom. The predicted octanol–water partition coefficient (Wildman–Crippen LogP) is 3.85. The third kappa shape index (κ3) is 4.63. The van der Waals surface area contributed by atoms with Crippen molar-refractivity contribution in [1.82, 2.24) is 34.8 Å². The Balaban J connectivity index is 0.00000105. The van der Waals surface area contributed by atoms with Crippen LogP contribution in [0.4, 0.5) is 11.5 Å². The molecule has 1 aliphatic heterocycles. The number of likely N-dealkylation sites (tertiary alicyclic amines) is 1. The van der Waals surface area contributed by atoms with E-state index < -0.39 is 0 Å². The third-order valence-corrected chi connectivity index (χ3v) is 5.90. The highest BCUT2D eigenvalue weighted by molar-refractivity contribution is 5.94. The normalized spacial score (nSPS) is 14.4. The number of amides is 1. The van der Waals surface area contributed by atoms with Crippen molar-refractivity contribution in [1.29, 1.82) is 0 Å². The SMILES string of the molecule is CC.CN(C)C1CCN(C(=O)c2ccc(Nc3nc4ccccc4n4nnnc34)cc2)CC1.[HH]. The maximum Gasteiger partial charge on any atom is 0.253 e. The van der Waals surface area contributed by atoms with E-state index in [0.29, 0.717) is 23.1 Å². The first-order valence-electron chi connectivity index (χ1n) is 11.4. The van der Waals surface area contributed by atoms with Crippen LogP contribution in [0, 0.1) is 0 Å². The molecule has 174 valence electrons. The summed E-state index contributed by atoms with van der Waals surface area (Å²) in [6.45, 7) is 5.58. The van der Waals surface area contributed by atoms with Crippen molar-refractivity contribution in [3.05, 3.63) is 54.1 Å². The first-order valence-corrected chi connectivity index (χ1v) is 11.4. The molecule has 0 unspecified atom stereocenters. The van der Waals surface area contributed by atoms with Crippen molar-refractivity contribution in [2.75, 3.05) is 32.5 Å². The Labute approximate surface area is 194 Å². The number of fused-ring (bicyclic) bond motifs is 3. The number of aromatic nitrogens is 5. The number of hydrogen-bond acceptors (Lipinski definition) is 7. The highest BCUT2D eigenvalue weighted by Crippen LogP contribution is 2.23. The van der Waals surface area contributed by atoms with Crippen molar-refractivity contribution in [2.24, 2.45) is 0 Å². The summed E-state index contributed by atoms with van der Waals surface area (Å²) in [5.41, 5.74) is 3.68. The maximum atomic E-state index is 12.9. The van der Waals surface area contributed by atoms with Gasteiger partial charge in [-0.3, -0.25) is 4.79 Å². The van der Waals surface area contributed by atoms with Crippen LogP contribution in [-0.2, 0) is 0 Å². The summed E-state index contributed by atoms with van der Waals surface area (Å²) in [5, 5.41) is 15.3. The van der Waals surface area contributed by atoms with Gasteiger partial charge in [0.25, 0.3) is 5.91 Å². The number of nitrogens with zero attached hydrogens (tertiary/aromatic N) is 7. The monoisotopic (exact) mass is 448 g/mol. The standard InChI is InChI=1S/C22H24N8O.C2H6.H2/c1-28(2)17-11-13-29(14-12-17)22(31)15-7-9-16(10-8-15)23-20-21-25-26-27-30(21)19-6-4-3-5-18(19)24-20;1-2;/h3-10,17H,11-14H2,1-2H3,(H,23,24);1-2H3;1H. The van der Waals surface area contributed by atoms with Crippen LogP contribution in [0.15, 0.2) is 48.5 Å². The molecule has 0 bridgehead atoms. The predicted molar refractivity (Wildman–Crippen MR) is 132 cm³/mol. The van der Waals surface area contributed by atoms with Crippen molar-refractivity contribution in [3.8, 4) is 0 Å². The van der Waals surface area contributed by atoms with E-state index in [4.69, 9.17) is 0 Å². The Hall–Kier alpha value is -3.59. The van der Waals surface area contributed by atoms with E-state index in [1.54, 1.807) is 4.52 Å². The molecule has 33 heavy (non-hydrogen) atoms.